The number of fused-ring (bicyclic) bond motifs is 10. The second kappa shape index (κ2) is 12.1. The first kappa shape index (κ1) is 33.0. The van der Waals surface area contributed by atoms with E-state index in [0.717, 1.165) is 0 Å². The Kier molecular flexibility index (Phi) is 7.02. The molecular formula is C55H43NSi. The number of para-hydroxylation sites is 2. The minimum absolute atomic E-state index is 0.0466. The zero-order chi connectivity index (χ0) is 37.9. The van der Waals surface area contributed by atoms with Crippen LogP contribution < -0.4 is 15.3 Å². The van der Waals surface area contributed by atoms with Crippen molar-refractivity contribution in [2.45, 2.75) is 44.2 Å². The molecule has 0 unspecified atom stereocenters. The van der Waals surface area contributed by atoms with Gasteiger partial charge in [-0.1, -0.05) is 178 Å². The quantitative estimate of drug-likeness (QED) is 0.129. The predicted molar refractivity (Wildman–Crippen MR) is 246 cm³/mol. The number of anilines is 3. The van der Waals surface area contributed by atoms with E-state index in [0.29, 0.717) is 0 Å². The van der Waals surface area contributed by atoms with Gasteiger partial charge in [0.25, 0.3) is 0 Å². The van der Waals surface area contributed by atoms with Crippen LogP contribution >= 0.6 is 0 Å². The molecule has 0 amide bonds. The van der Waals surface area contributed by atoms with E-state index in [9.17, 15) is 0 Å². The van der Waals surface area contributed by atoms with Crippen molar-refractivity contribution in [1.29, 1.82) is 0 Å². The number of benzene rings is 9. The molecule has 57 heavy (non-hydrogen) atoms. The van der Waals surface area contributed by atoms with Crippen molar-refractivity contribution in [2.75, 3.05) is 4.90 Å². The summed E-state index contributed by atoms with van der Waals surface area (Å²) < 4.78 is 0. The molecule has 2 heterocycles. The Bertz CT molecular complexity index is 3070. The molecule has 272 valence electrons. The van der Waals surface area contributed by atoms with E-state index in [2.05, 4.69) is 195 Å². The van der Waals surface area contributed by atoms with Crippen molar-refractivity contribution in [1.82, 2.24) is 0 Å². The zero-order valence-corrected chi connectivity index (χ0v) is 33.5. The summed E-state index contributed by atoms with van der Waals surface area (Å²) >= 11 is 0. The van der Waals surface area contributed by atoms with Gasteiger partial charge in [0.1, 0.15) is 8.07 Å². The van der Waals surface area contributed by atoms with Crippen LogP contribution in [0, 0.1) is 0 Å². The van der Waals surface area contributed by atoms with E-state index in [4.69, 9.17) is 0 Å². The topological polar surface area (TPSA) is 3.24 Å². The molecule has 1 aliphatic carbocycles. The largest absolute Gasteiger partial charge is 0.309 e. The van der Waals surface area contributed by atoms with Gasteiger partial charge in [-0.3, -0.25) is 0 Å². The van der Waals surface area contributed by atoms with Gasteiger partial charge < -0.3 is 4.90 Å². The highest BCUT2D eigenvalue weighted by Crippen LogP contribution is 2.54. The van der Waals surface area contributed by atoms with Crippen molar-refractivity contribution < 1.29 is 0 Å². The van der Waals surface area contributed by atoms with Crippen LogP contribution in [0.5, 0.6) is 0 Å². The van der Waals surface area contributed by atoms with Crippen LogP contribution in [-0.2, 0) is 5.41 Å². The summed E-state index contributed by atoms with van der Waals surface area (Å²) in [5.74, 6) is 0. The molecule has 0 atom stereocenters. The standard InChI is InChI=1S/C55H43NSi/c1-55(2)47-23-8-7-19-41(47)45-35-38(29-31-48(45)55)53-42-20-5-6-21-43(42)54(44-30-28-37(34-46(44)53)40-22-15-17-36-16-3-4-18-39(36)40)56-49-24-9-11-26-51(49)57(32-13-14-33-57)52-27-12-10-25-50(52)56/h3-12,15-31,34-35H,13-14,32-33H2,1-2H3. The van der Waals surface area contributed by atoms with Crippen molar-refractivity contribution in [2.24, 2.45) is 0 Å². The van der Waals surface area contributed by atoms with Gasteiger partial charge in [0.2, 0.25) is 0 Å². The van der Waals surface area contributed by atoms with Crippen LogP contribution in [0.15, 0.2) is 176 Å². The Balaban J connectivity index is 1.20. The van der Waals surface area contributed by atoms with Gasteiger partial charge in [0, 0.05) is 27.6 Å². The summed E-state index contributed by atoms with van der Waals surface area (Å²) in [5.41, 5.74) is 14.6. The first-order valence-electron chi connectivity index (χ1n) is 20.7. The number of hydrogen-bond acceptors (Lipinski definition) is 1. The van der Waals surface area contributed by atoms with Gasteiger partial charge >= 0.3 is 0 Å². The van der Waals surface area contributed by atoms with Gasteiger partial charge in [-0.2, -0.15) is 0 Å². The Morgan fingerprint density at radius 1 is 0.439 bits per heavy atom. The fraction of sp³-hybridized carbons (Fsp3) is 0.127. The van der Waals surface area contributed by atoms with E-state index >= 15 is 0 Å². The molecule has 0 radical (unpaired) electrons. The summed E-state index contributed by atoms with van der Waals surface area (Å²) in [6, 6.07) is 70.0. The second-order valence-electron chi connectivity index (χ2n) is 17.1. The van der Waals surface area contributed by atoms with Gasteiger partial charge in [-0.25, -0.2) is 0 Å². The lowest BCUT2D eigenvalue weighted by molar-refractivity contribution is 0.660. The lowest BCUT2D eigenvalue weighted by atomic mass is 9.81. The highest BCUT2D eigenvalue weighted by Gasteiger charge is 2.47. The highest BCUT2D eigenvalue weighted by atomic mass is 28.3. The molecule has 0 N–H and O–H groups in total. The first-order chi connectivity index (χ1) is 28.0. The van der Waals surface area contributed by atoms with E-state index in [1.54, 1.807) is 10.4 Å². The van der Waals surface area contributed by atoms with Crippen molar-refractivity contribution >= 4 is 67.8 Å². The molecular weight excluding hydrogens is 703 g/mol. The molecule has 9 aromatic carbocycles. The van der Waals surface area contributed by atoms with Crippen LogP contribution in [0.1, 0.15) is 37.8 Å². The summed E-state index contributed by atoms with van der Waals surface area (Å²) in [5, 5.41) is 10.9. The highest BCUT2D eigenvalue weighted by molar-refractivity contribution is 7.05. The lowest BCUT2D eigenvalue weighted by Gasteiger charge is -2.43. The molecule has 0 saturated carbocycles. The monoisotopic (exact) mass is 745 g/mol. The number of rotatable bonds is 3. The fourth-order valence-electron chi connectivity index (χ4n) is 11.4. The van der Waals surface area contributed by atoms with Gasteiger partial charge in [-0.05, 0) is 113 Å². The van der Waals surface area contributed by atoms with Gasteiger partial charge in [-0.15, -0.1) is 0 Å². The first-order valence-corrected chi connectivity index (χ1v) is 23.1. The van der Waals surface area contributed by atoms with E-state index in [1.165, 1.54) is 119 Å². The Morgan fingerprint density at radius 2 is 1.02 bits per heavy atom. The van der Waals surface area contributed by atoms with Crippen LogP contribution in [0.4, 0.5) is 17.1 Å². The average Bonchev–Trinajstić information content (AvgIpc) is 3.84. The molecule has 1 nitrogen and oxygen atoms in total. The molecule has 12 rings (SSSR count). The summed E-state index contributed by atoms with van der Waals surface area (Å²) in [6.07, 6.45) is 2.66. The molecule has 0 bridgehead atoms. The zero-order valence-electron chi connectivity index (χ0n) is 32.5. The molecule has 2 aliphatic heterocycles. The molecule has 3 aliphatic rings. The molecule has 1 saturated heterocycles. The third kappa shape index (κ3) is 4.56. The van der Waals surface area contributed by atoms with Crippen molar-refractivity contribution in [3.05, 3.63) is 187 Å². The van der Waals surface area contributed by atoms with Crippen LogP contribution in [0.25, 0.3) is 65.7 Å². The Morgan fingerprint density at radius 3 is 1.81 bits per heavy atom. The lowest BCUT2D eigenvalue weighted by Crippen LogP contribution is -2.60. The summed E-state index contributed by atoms with van der Waals surface area (Å²) in [7, 11) is -1.91. The molecule has 2 heteroatoms. The second-order valence-corrected chi connectivity index (χ2v) is 21.4. The average molecular weight is 746 g/mol. The van der Waals surface area contributed by atoms with Crippen molar-refractivity contribution in [3.8, 4) is 33.4 Å². The van der Waals surface area contributed by atoms with Crippen LogP contribution in [0.2, 0.25) is 12.1 Å². The normalized spacial score (nSPS) is 15.9. The molecule has 9 aromatic rings. The Hall–Kier alpha value is -6.22. The summed E-state index contributed by atoms with van der Waals surface area (Å²) in [6.45, 7) is 4.75. The Labute approximate surface area is 335 Å². The number of nitrogens with zero attached hydrogens (tertiary/aromatic N) is 1. The maximum Gasteiger partial charge on any atom is 0.123 e. The van der Waals surface area contributed by atoms with Crippen LogP contribution in [-0.4, -0.2) is 8.07 Å². The maximum absolute atomic E-state index is 2.66. The van der Waals surface area contributed by atoms with E-state index in [-0.39, 0.29) is 5.41 Å². The van der Waals surface area contributed by atoms with E-state index < -0.39 is 8.07 Å². The third-order valence-electron chi connectivity index (χ3n) is 14.0. The fourth-order valence-corrected chi connectivity index (χ4v) is 16.9. The molecule has 0 aromatic heterocycles. The van der Waals surface area contributed by atoms with Gasteiger partial charge in [0.05, 0.1) is 5.69 Å². The van der Waals surface area contributed by atoms with Crippen LogP contribution in [0.3, 0.4) is 0 Å². The maximum atomic E-state index is 2.66. The van der Waals surface area contributed by atoms with Crippen molar-refractivity contribution in [3.63, 3.8) is 0 Å². The minimum atomic E-state index is -1.91. The van der Waals surface area contributed by atoms with E-state index in [1.807, 2.05) is 0 Å². The summed E-state index contributed by atoms with van der Waals surface area (Å²) in [4.78, 5) is 2.66. The minimum Gasteiger partial charge on any atom is -0.309 e. The number of hydrogen-bond donors (Lipinski definition) is 0. The smallest absolute Gasteiger partial charge is 0.123 e. The molecule has 1 fully saturated rings. The van der Waals surface area contributed by atoms with Gasteiger partial charge in [0.15, 0.2) is 0 Å². The predicted octanol–water partition coefficient (Wildman–Crippen LogP) is 13.9. The third-order valence-corrected chi connectivity index (χ3v) is 19.3. The SMILES string of the molecule is CC1(C)c2ccccc2-c2cc(-c3c4ccccc4c(N4c5ccccc5[Si]5(CCCC5)c5ccccc54)c4ccc(-c5cccc6ccccc56)cc34)ccc21. The molecule has 1 spiro atoms.